The van der Waals surface area contributed by atoms with E-state index in [1.807, 2.05) is 23.9 Å². The van der Waals surface area contributed by atoms with Gasteiger partial charge in [0.15, 0.2) is 0 Å². The normalized spacial score (nSPS) is 19.0. The number of amides is 2. The largest absolute Gasteiger partial charge is 0.379 e. The van der Waals surface area contributed by atoms with Crippen molar-refractivity contribution in [3.05, 3.63) is 59.3 Å². The topological polar surface area (TPSA) is 79.7 Å². The van der Waals surface area contributed by atoms with Crippen LogP contribution in [0.3, 0.4) is 0 Å². The number of carbonyl (C=O) groups excluding carboxylic acids is 2. The second-order valence-corrected chi connectivity index (χ2v) is 13.4. The third kappa shape index (κ3) is 7.04. The molecule has 0 aliphatic carbocycles. The minimum absolute atomic E-state index is 0.0613. The van der Waals surface area contributed by atoms with Gasteiger partial charge in [-0.25, -0.2) is 0 Å². The summed E-state index contributed by atoms with van der Waals surface area (Å²) in [6.07, 6.45) is 3.23. The van der Waals surface area contributed by atoms with Crippen LogP contribution in [0.5, 0.6) is 0 Å². The Bertz CT molecular complexity index is 1470. The number of rotatable bonds is 8. The van der Waals surface area contributed by atoms with Crippen LogP contribution in [-0.2, 0) is 11.3 Å². The van der Waals surface area contributed by atoms with E-state index < -0.39 is 21.0 Å². The Kier molecular flexibility index (Phi) is 7.77. The van der Waals surface area contributed by atoms with E-state index in [1.165, 1.54) is 4.90 Å². The van der Waals surface area contributed by atoms with Crippen molar-refractivity contribution in [2.24, 2.45) is 5.92 Å². The van der Waals surface area contributed by atoms with Gasteiger partial charge in [-0.3, -0.25) is 19.2 Å². The summed E-state index contributed by atoms with van der Waals surface area (Å²) >= 11 is 0. The molecule has 0 unspecified atom stereocenters. The van der Waals surface area contributed by atoms with Gasteiger partial charge in [0.2, 0.25) is 0 Å². The smallest absolute Gasteiger partial charge is 0.310 e. The van der Waals surface area contributed by atoms with E-state index in [2.05, 4.69) is 15.3 Å². The number of morpholine rings is 1. The number of hydrogen-bond donors (Lipinski definition) is 1. The summed E-state index contributed by atoms with van der Waals surface area (Å²) < 4.78 is 72.1. The van der Waals surface area contributed by atoms with Crippen molar-refractivity contribution in [1.29, 1.82) is 0 Å². The summed E-state index contributed by atoms with van der Waals surface area (Å²) in [7, 11) is -9.78. The Morgan fingerprint density at radius 1 is 0.976 bits per heavy atom. The molecule has 2 aliphatic heterocycles. The number of fused-ring (bicyclic) bond motifs is 1. The molecule has 42 heavy (non-hydrogen) atoms. The van der Waals surface area contributed by atoms with Crippen LogP contribution >= 0.6 is 10.2 Å². The van der Waals surface area contributed by atoms with Crippen LogP contribution in [0.4, 0.5) is 19.4 Å². The average Bonchev–Trinajstić information content (AvgIpc) is 3.36. The highest BCUT2D eigenvalue weighted by atomic mass is 32.5. The van der Waals surface area contributed by atoms with Crippen molar-refractivity contribution in [3.8, 4) is 0 Å². The number of nitrogens with one attached hydrogen (secondary N) is 1. The lowest BCUT2D eigenvalue weighted by atomic mass is 9.96. The van der Waals surface area contributed by atoms with E-state index in [4.69, 9.17) is 4.74 Å². The van der Waals surface area contributed by atoms with Gasteiger partial charge in [0.05, 0.1) is 18.7 Å². The molecule has 2 aromatic carbocycles. The molecule has 3 aromatic rings. The maximum atomic E-state index is 13.0. The first-order chi connectivity index (χ1) is 19.7. The molecule has 2 saturated heterocycles. The van der Waals surface area contributed by atoms with Crippen molar-refractivity contribution in [1.82, 2.24) is 24.9 Å². The summed E-state index contributed by atoms with van der Waals surface area (Å²) in [5.74, 6) is -0.406. The van der Waals surface area contributed by atoms with Crippen LogP contribution < -0.4 is 5.32 Å². The molecule has 230 valence electrons. The average molecular weight is 616 g/mol. The van der Waals surface area contributed by atoms with Gasteiger partial charge in [-0.05, 0) is 67.6 Å². The fourth-order valence-electron chi connectivity index (χ4n) is 5.49. The molecule has 0 radical (unpaired) electrons. The van der Waals surface area contributed by atoms with Crippen molar-refractivity contribution in [3.63, 3.8) is 0 Å². The molecule has 8 nitrogen and oxygen atoms in total. The maximum absolute atomic E-state index is 13.0. The molecule has 14 heteroatoms. The third-order valence-corrected chi connectivity index (χ3v) is 9.12. The fourth-order valence-corrected chi connectivity index (χ4v) is 6.14. The van der Waals surface area contributed by atoms with Crippen LogP contribution in [-0.4, -0.2) is 83.9 Å². The minimum atomic E-state index is -9.78. The predicted octanol–water partition coefficient (Wildman–Crippen LogP) is 5.62. The summed E-state index contributed by atoms with van der Waals surface area (Å²) in [5.41, 5.74) is 2.16. The predicted molar refractivity (Wildman–Crippen MR) is 151 cm³/mol. The number of piperidine rings is 1. The maximum Gasteiger partial charge on any atom is 0.310 e. The second kappa shape index (κ2) is 10.8. The monoisotopic (exact) mass is 615 g/mol. The molecule has 0 bridgehead atoms. The number of benzene rings is 2. The van der Waals surface area contributed by atoms with Crippen molar-refractivity contribution in [2.75, 3.05) is 52.5 Å². The van der Waals surface area contributed by atoms with Crippen LogP contribution in [0.1, 0.15) is 39.1 Å². The lowest BCUT2D eigenvalue weighted by Gasteiger charge is -2.40. The highest BCUT2D eigenvalue weighted by Crippen LogP contribution is 3.02. The molecule has 0 atom stereocenters. The number of nitrogens with zero attached hydrogens (tertiary/aromatic N) is 4. The van der Waals surface area contributed by atoms with Crippen molar-refractivity contribution in [2.45, 2.75) is 31.2 Å². The number of ether oxygens (including phenoxy) is 1. The Balaban J connectivity index is 1.15. The number of aryl methyl sites for hydroxylation is 1. The summed E-state index contributed by atoms with van der Waals surface area (Å²) in [6.45, 7) is 7.74. The van der Waals surface area contributed by atoms with Gasteiger partial charge in [-0.2, -0.15) is 5.10 Å². The Morgan fingerprint density at radius 2 is 1.64 bits per heavy atom. The fraction of sp³-hybridized carbons (Fsp3) is 0.464. The van der Waals surface area contributed by atoms with Crippen LogP contribution in [0.15, 0.2) is 47.5 Å². The van der Waals surface area contributed by atoms with Gasteiger partial charge in [0.25, 0.3) is 11.8 Å². The van der Waals surface area contributed by atoms with E-state index in [9.17, 15) is 29.0 Å². The van der Waals surface area contributed by atoms with Crippen LogP contribution in [0.2, 0.25) is 0 Å². The molecule has 2 fully saturated rings. The van der Waals surface area contributed by atoms with Crippen LogP contribution in [0.25, 0.3) is 10.9 Å². The van der Waals surface area contributed by atoms with Gasteiger partial charge in [-0.1, -0.05) is 19.4 Å². The first kappa shape index (κ1) is 30.2. The standard InChI is InChI=1S/C28H34F5N5O3S/c1-20-24(27(39)34-10-13-36-14-16-41-17-15-36)6-7-26-25(20)19-38(35-26)18-21-8-11-37(12-9-21)28(40)22-2-4-23(5-3-22)42(29,30,31,32)33/h2-7,19,21H,8-18H2,1H3,(H,34,39). The second-order valence-electron chi connectivity index (χ2n) is 11.0. The Hall–Kier alpha value is -3.23. The zero-order valence-electron chi connectivity index (χ0n) is 23.2. The van der Waals surface area contributed by atoms with E-state index in [-0.39, 0.29) is 29.5 Å². The van der Waals surface area contributed by atoms with Gasteiger partial charge < -0.3 is 15.0 Å². The zero-order chi connectivity index (χ0) is 30.2. The quantitative estimate of drug-likeness (QED) is 0.333. The van der Waals surface area contributed by atoms with Gasteiger partial charge in [-0.15, -0.1) is 0 Å². The molecule has 0 saturated carbocycles. The van der Waals surface area contributed by atoms with Crippen molar-refractivity contribution < 1.29 is 33.8 Å². The van der Waals surface area contributed by atoms with Gasteiger partial charge in [0, 0.05) is 68.5 Å². The number of hydrogen-bond acceptors (Lipinski definition) is 5. The van der Waals surface area contributed by atoms with Gasteiger partial charge >= 0.3 is 10.2 Å². The molecular formula is C28H34F5N5O3S. The summed E-state index contributed by atoms with van der Waals surface area (Å²) in [6, 6.07) is 5.76. The van der Waals surface area contributed by atoms with Gasteiger partial charge in [0.1, 0.15) is 4.90 Å². The number of halogens is 5. The Morgan fingerprint density at radius 3 is 2.29 bits per heavy atom. The molecule has 3 heterocycles. The lowest BCUT2D eigenvalue weighted by molar-refractivity contribution is 0.0383. The molecule has 1 aromatic heterocycles. The first-order valence-corrected chi connectivity index (χ1v) is 15.8. The SMILES string of the molecule is Cc1c(C(=O)NCCN2CCOCC2)ccc2nn(CC3CCN(C(=O)c4ccc(S(F)(F)(F)(F)F)cc4)CC3)cc12. The molecule has 1 N–H and O–H groups in total. The Labute approximate surface area is 240 Å². The first-order valence-electron chi connectivity index (χ1n) is 13.9. The zero-order valence-corrected chi connectivity index (χ0v) is 24.0. The van der Waals surface area contributed by atoms with E-state index >= 15 is 0 Å². The van der Waals surface area contributed by atoms with E-state index in [0.717, 1.165) is 48.2 Å². The highest BCUT2D eigenvalue weighted by Gasteiger charge is 2.65. The molecular weight excluding hydrogens is 581 g/mol. The number of carbonyl (C=O) groups is 2. The lowest BCUT2D eigenvalue weighted by Crippen LogP contribution is -2.41. The van der Waals surface area contributed by atoms with E-state index in [0.29, 0.717) is 57.8 Å². The minimum Gasteiger partial charge on any atom is -0.379 e. The molecule has 5 rings (SSSR count). The number of aromatic nitrogens is 2. The molecule has 2 amide bonds. The third-order valence-electron chi connectivity index (χ3n) is 7.96. The molecule has 2 aliphatic rings. The van der Waals surface area contributed by atoms with Crippen molar-refractivity contribution >= 4 is 32.9 Å². The van der Waals surface area contributed by atoms with Crippen LogP contribution in [0, 0.1) is 12.8 Å². The summed E-state index contributed by atoms with van der Waals surface area (Å²) in [5, 5.41) is 8.55. The van der Waals surface area contributed by atoms with E-state index in [1.54, 1.807) is 6.07 Å². The highest BCUT2D eigenvalue weighted by molar-refractivity contribution is 8.45. The number of likely N-dealkylation sites (tertiary alicyclic amines) is 1. The summed E-state index contributed by atoms with van der Waals surface area (Å²) in [4.78, 5) is 27.4. The molecule has 0 spiro atoms.